The molecule has 0 aliphatic carbocycles. The molecule has 5 heteroatoms. The van der Waals surface area contributed by atoms with Gasteiger partial charge < -0.3 is 14.2 Å². The molecule has 0 saturated heterocycles. The van der Waals surface area contributed by atoms with Gasteiger partial charge in [-0.15, -0.1) is 0 Å². The highest BCUT2D eigenvalue weighted by Gasteiger charge is 2.26. The van der Waals surface area contributed by atoms with Crippen molar-refractivity contribution >= 4 is 21.9 Å². The standard InChI is InChI=1S/C20H21BrO4/c1-23-17-9-6-15-11-18(25-20(22)19(15)12-17)3-2-10-24-13-14-4-7-16(21)8-5-14/h4-9,12,18H,2-3,10-11,13H2,1H3. The number of fused-ring (bicyclic) bond motifs is 1. The van der Waals surface area contributed by atoms with E-state index >= 15 is 0 Å². The Bertz CT molecular complexity index is 727. The van der Waals surface area contributed by atoms with Crippen LogP contribution >= 0.6 is 15.9 Å². The highest BCUT2D eigenvalue weighted by Crippen LogP contribution is 2.26. The molecule has 0 radical (unpaired) electrons. The van der Waals surface area contributed by atoms with Crippen LogP contribution in [0.2, 0.25) is 0 Å². The summed E-state index contributed by atoms with van der Waals surface area (Å²) in [6.45, 7) is 1.25. The van der Waals surface area contributed by atoms with E-state index in [1.54, 1.807) is 13.2 Å². The largest absolute Gasteiger partial charge is 0.497 e. The lowest BCUT2D eigenvalue weighted by molar-refractivity contribution is 0.0200. The third-order valence-corrected chi connectivity index (χ3v) is 4.78. The number of hydrogen-bond acceptors (Lipinski definition) is 4. The molecule has 2 aromatic carbocycles. The second-order valence-electron chi connectivity index (χ2n) is 6.08. The van der Waals surface area contributed by atoms with E-state index in [9.17, 15) is 4.79 Å². The monoisotopic (exact) mass is 404 g/mol. The van der Waals surface area contributed by atoms with Crippen LogP contribution in [0.3, 0.4) is 0 Å². The van der Waals surface area contributed by atoms with E-state index in [2.05, 4.69) is 15.9 Å². The fourth-order valence-electron chi connectivity index (χ4n) is 2.90. The summed E-state index contributed by atoms with van der Waals surface area (Å²) in [6.07, 6.45) is 2.33. The summed E-state index contributed by atoms with van der Waals surface area (Å²) in [6, 6.07) is 13.7. The van der Waals surface area contributed by atoms with Crippen molar-refractivity contribution in [3.8, 4) is 5.75 Å². The Hall–Kier alpha value is -1.85. The van der Waals surface area contributed by atoms with E-state index in [0.717, 1.165) is 34.9 Å². The van der Waals surface area contributed by atoms with E-state index < -0.39 is 0 Å². The zero-order valence-corrected chi connectivity index (χ0v) is 15.8. The van der Waals surface area contributed by atoms with E-state index in [0.29, 0.717) is 24.5 Å². The normalized spacial score (nSPS) is 16.2. The quantitative estimate of drug-likeness (QED) is 0.501. The van der Waals surface area contributed by atoms with Crippen LogP contribution < -0.4 is 4.74 Å². The first-order valence-corrected chi connectivity index (χ1v) is 9.15. The Morgan fingerprint density at radius 3 is 2.76 bits per heavy atom. The maximum Gasteiger partial charge on any atom is 0.338 e. The average molecular weight is 405 g/mol. The first kappa shape index (κ1) is 18.0. The number of carbonyl (C=O) groups is 1. The molecule has 1 aliphatic rings. The minimum Gasteiger partial charge on any atom is -0.497 e. The van der Waals surface area contributed by atoms with Gasteiger partial charge in [-0.2, -0.15) is 0 Å². The first-order valence-electron chi connectivity index (χ1n) is 8.36. The van der Waals surface area contributed by atoms with Crippen LogP contribution in [0.4, 0.5) is 0 Å². The summed E-state index contributed by atoms with van der Waals surface area (Å²) in [4.78, 5) is 12.2. The van der Waals surface area contributed by atoms with E-state index in [1.807, 2.05) is 36.4 Å². The number of esters is 1. The molecule has 0 saturated carbocycles. The molecule has 0 N–H and O–H groups in total. The highest BCUT2D eigenvalue weighted by molar-refractivity contribution is 9.10. The fourth-order valence-corrected chi connectivity index (χ4v) is 3.16. The van der Waals surface area contributed by atoms with E-state index in [-0.39, 0.29) is 12.1 Å². The van der Waals surface area contributed by atoms with Crippen molar-refractivity contribution in [2.45, 2.75) is 32.0 Å². The van der Waals surface area contributed by atoms with Crippen molar-refractivity contribution in [1.82, 2.24) is 0 Å². The lowest BCUT2D eigenvalue weighted by Gasteiger charge is -2.25. The Morgan fingerprint density at radius 2 is 2.00 bits per heavy atom. The van der Waals surface area contributed by atoms with E-state index in [4.69, 9.17) is 14.2 Å². The van der Waals surface area contributed by atoms with Crippen molar-refractivity contribution in [2.24, 2.45) is 0 Å². The molecule has 0 spiro atoms. The van der Waals surface area contributed by atoms with Crippen LogP contribution in [0, 0.1) is 0 Å². The average Bonchev–Trinajstić information content (AvgIpc) is 2.63. The minimum absolute atomic E-state index is 0.0790. The van der Waals surface area contributed by atoms with Gasteiger partial charge in [-0.3, -0.25) is 0 Å². The summed E-state index contributed by atoms with van der Waals surface area (Å²) in [5.41, 5.74) is 2.79. The van der Waals surface area contributed by atoms with E-state index in [1.165, 1.54) is 0 Å². The molecular weight excluding hydrogens is 384 g/mol. The molecule has 1 heterocycles. The topological polar surface area (TPSA) is 44.8 Å². The summed E-state index contributed by atoms with van der Waals surface area (Å²) < 4.78 is 17.5. The summed E-state index contributed by atoms with van der Waals surface area (Å²) >= 11 is 3.42. The maximum absolute atomic E-state index is 12.2. The molecule has 3 rings (SSSR count). The summed E-state index contributed by atoms with van der Waals surface area (Å²) in [5.74, 6) is 0.413. The van der Waals surface area contributed by atoms with Crippen LogP contribution in [0.5, 0.6) is 5.75 Å². The Labute approximate surface area is 156 Å². The van der Waals surface area contributed by atoms with Crippen molar-refractivity contribution < 1.29 is 19.0 Å². The Kier molecular flexibility index (Phi) is 6.10. The highest BCUT2D eigenvalue weighted by atomic mass is 79.9. The van der Waals surface area contributed by atoms with Gasteiger partial charge in [0.2, 0.25) is 0 Å². The van der Waals surface area contributed by atoms with Gasteiger partial charge in [-0.05, 0) is 48.2 Å². The smallest absolute Gasteiger partial charge is 0.338 e. The number of ether oxygens (including phenoxy) is 3. The van der Waals surface area contributed by atoms with Crippen LogP contribution in [-0.4, -0.2) is 25.8 Å². The first-order chi connectivity index (χ1) is 12.2. The van der Waals surface area contributed by atoms with Crippen LogP contribution in [0.1, 0.15) is 34.3 Å². The molecule has 132 valence electrons. The Balaban J connectivity index is 1.43. The van der Waals surface area contributed by atoms with Gasteiger partial charge in [0.15, 0.2) is 0 Å². The second-order valence-corrected chi connectivity index (χ2v) is 6.99. The van der Waals surface area contributed by atoms with Gasteiger partial charge in [0.25, 0.3) is 0 Å². The fraction of sp³-hybridized carbons (Fsp3) is 0.350. The molecule has 25 heavy (non-hydrogen) atoms. The molecule has 4 nitrogen and oxygen atoms in total. The number of hydrogen-bond donors (Lipinski definition) is 0. The number of methoxy groups -OCH3 is 1. The van der Waals surface area contributed by atoms with Gasteiger partial charge in [-0.25, -0.2) is 4.79 Å². The summed E-state index contributed by atoms with van der Waals surface area (Å²) in [5, 5.41) is 0. The van der Waals surface area contributed by atoms with Crippen LogP contribution in [-0.2, 0) is 22.5 Å². The predicted octanol–water partition coefficient (Wildman–Crippen LogP) is 4.54. The molecule has 1 aliphatic heterocycles. The molecule has 2 aromatic rings. The molecule has 0 fully saturated rings. The van der Waals surface area contributed by atoms with Crippen molar-refractivity contribution in [3.63, 3.8) is 0 Å². The Morgan fingerprint density at radius 1 is 1.20 bits per heavy atom. The van der Waals surface area contributed by atoms with Gasteiger partial charge in [0.1, 0.15) is 11.9 Å². The molecule has 1 unspecified atom stereocenters. The van der Waals surface area contributed by atoms with Gasteiger partial charge in [-0.1, -0.05) is 34.1 Å². The summed E-state index contributed by atoms with van der Waals surface area (Å²) in [7, 11) is 1.59. The molecule has 0 bridgehead atoms. The zero-order valence-electron chi connectivity index (χ0n) is 14.2. The lowest BCUT2D eigenvalue weighted by Crippen LogP contribution is -2.28. The SMILES string of the molecule is COc1ccc2c(c1)C(=O)OC(CCCOCc1ccc(Br)cc1)C2. The number of carbonyl (C=O) groups excluding carboxylic acids is 1. The number of halogens is 1. The van der Waals surface area contributed by atoms with Crippen molar-refractivity contribution in [3.05, 3.63) is 63.6 Å². The van der Waals surface area contributed by atoms with Crippen molar-refractivity contribution in [1.29, 1.82) is 0 Å². The van der Waals surface area contributed by atoms with Gasteiger partial charge in [0, 0.05) is 17.5 Å². The second kappa shape index (κ2) is 8.50. The molecule has 0 aromatic heterocycles. The zero-order chi connectivity index (χ0) is 17.6. The van der Waals surface area contributed by atoms with Crippen molar-refractivity contribution in [2.75, 3.05) is 13.7 Å². The van der Waals surface area contributed by atoms with Gasteiger partial charge >= 0.3 is 5.97 Å². The number of benzene rings is 2. The van der Waals surface area contributed by atoms with Crippen LogP contribution in [0.15, 0.2) is 46.9 Å². The minimum atomic E-state index is -0.263. The third kappa shape index (κ3) is 4.83. The lowest BCUT2D eigenvalue weighted by atomic mass is 9.96. The third-order valence-electron chi connectivity index (χ3n) is 4.25. The van der Waals surface area contributed by atoms with Crippen LogP contribution in [0.25, 0.3) is 0 Å². The maximum atomic E-state index is 12.2. The number of rotatable bonds is 7. The number of cyclic esters (lactones) is 1. The molecular formula is C20H21BrO4. The molecule has 0 amide bonds. The predicted molar refractivity (Wildman–Crippen MR) is 98.9 cm³/mol. The molecule has 1 atom stereocenters. The van der Waals surface area contributed by atoms with Gasteiger partial charge in [0.05, 0.1) is 19.3 Å².